The Balaban J connectivity index is 0.000000205. The van der Waals surface area contributed by atoms with Crippen molar-refractivity contribution in [2.24, 2.45) is 5.92 Å². The van der Waals surface area contributed by atoms with Gasteiger partial charge in [0.05, 0.1) is 26.7 Å². The zero-order valence-corrected chi connectivity index (χ0v) is 55.0. The lowest BCUT2D eigenvalue weighted by Gasteiger charge is -2.32. The topological polar surface area (TPSA) is 219 Å². The Hall–Kier alpha value is -4.72. The minimum atomic E-state index is -3.55. The fraction of sp³-hybridized carbons (Fsp3) is 0.448. The van der Waals surface area contributed by atoms with Crippen molar-refractivity contribution >= 4 is 109 Å². The number of aromatic nitrogens is 4. The van der Waals surface area contributed by atoms with Crippen molar-refractivity contribution in [1.82, 2.24) is 29.4 Å². The highest BCUT2D eigenvalue weighted by Crippen LogP contribution is 2.38. The van der Waals surface area contributed by atoms with Crippen LogP contribution in [0, 0.1) is 5.92 Å². The first kappa shape index (κ1) is 67.1. The zero-order valence-electron chi connectivity index (χ0n) is 48.6. The third-order valence-corrected chi connectivity index (χ3v) is 18.6. The van der Waals surface area contributed by atoms with Crippen LogP contribution in [0.5, 0.6) is 0 Å². The Morgan fingerprint density at radius 3 is 1.58 bits per heavy atom. The molecule has 440 valence electrons. The molecule has 0 radical (unpaired) electrons. The second-order valence-electron chi connectivity index (χ2n) is 21.3. The van der Waals surface area contributed by atoms with Crippen molar-refractivity contribution in [2.45, 2.75) is 125 Å². The van der Waals surface area contributed by atoms with Gasteiger partial charge >= 0.3 is 7.12 Å². The number of nitrogens with zero attached hydrogens (tertiary/aromatic N) is 6. The molecule has 0 atom stereocenters. The van der Waals surface area contributed by atoms with Crippen LogP contribution in [0.15, 0.2) is 133 Å². The van der Waals surface area contributed by atoms with E-state index in [1.54, 1.807) is 61.2 Å². The van der Waals surface area contributed by atoms with E-state index in [9.17, 15) is 16.8 Å². The molecule has 0 spiro atoms. The van der Waals surface area contributed by atoms with E-state index < -0.39 is 38.4 Å². The largest absolute Gasteiger partial charge is 0.497 e. The van der Waals surface area contributed by atoms with Crippen LogP contribution in [0.1, 0.15) is 97.5 Å². The summed E-state index contributed by atoms with van der Waals surface area (Å²) < 4.78 is 69.0. The molecule has 23 heteroatoms. The van der Waals surface area contributed by atoms with Crippen LogP contribution in [0.25, 0.3) is 11.3 Å². The van der Waals surface area contributed by atoms with Crippen LogP contribution in [-0.4, -0.2) is 110 Å². The minimum Gasteiger partial charge on any atom is -0.399 e. The van der Waals surface area contributed by atoms with Gasteiger partial charge in [0.2, 0.25) is 20.0 Å². The molecular weight excluding hydrogens is 1260 g/mol. The molecule has 2 saturated carbocycles. The zero-order chi connectivity index (χ0) is 59.5. The standard InChI is InChI=1S/C21H29N3O2S.C19H31BN2O4S.C7H9BrN2.C6H7BrN2.C5H5BrN2/c1-22-27(25,26)19-10-9-17(13-16-7-5-4-6-8-16)20(15-19)21-14-18(24(2)3)11-12-23-21;1-18(2)19(3,4)26-20(25-18)16-13-15(27(23,24)21-5)11-12-17(16)22-14-9-7-6-8-10-14;1-10(2)6-3-4-9-7(8)5-6;1-8-5-2-3-9-6(7)4-5;6-5-3-4(7)1-2-8-5/h9-12,14-16,22H,4-8,13H2,1-3H3;11-14,21-22H,6-10H2,1-5H3;3-5H,1-2H3;2-4H,1H3,(H,8,9);1-3H,(H2,7,8). The third-order valence-electron chi connectivity index (χ3n) is 14.5. The van der Waals surface area contributed by atoms with E-state index in [0.29, 0.717) is 12.0 Å². The van der Waals surface area contributed by atoms with Gasteiger partial charge in [-0.15, -0.1) is 0 Å². The van der Waals surface area contributed by atoms with E-state index in [0.717, 1.165) is 78.2 Å². The normalized spacial score (nSPS) is 15.9. The smallest absolute Gasteiger partial charge is 0.399 e. The highest BCUT2D eigenvalue weighted by molar-refractivity contribution is 9.11. The summed E-state index contributed by atoms with van der Waals surface area (Å²) in [6.07, 6.45) is 20.3. The van der Waals surface area contributed by atoms with Gasteiger partial charge in [0, 0.05) is 106 Å². The van der Waals surface area contributed by atoms with Crippen LogP contribution in [0.2, 0.25) is 0 Å². The SMILES string of the molecule is CN(C)c1ccnc(Br)c1.CNS(=O)(=O)c1ccc(CC2CCCCC2)c(-c2cc(N(C)C)ccn2)c1.CNS(=O)(=O)c1ccc(NC2CCCCC2)c(B2OC(C)(C)C(C)(C)O2)c1.CNc1ccnc(Br)c1.Nc1ccnc(Br)c1. The van der Waals surface area contributed by atoms with E-state index in [4.69, 9.17) is 15.0 Å². The van der Waals surface area contributed by atoms with E-state index >= 15 is 0 Å². The van der Waals surface area contributed by atoms with Crippen LogP contribution < -0.4 is 41.1 Å². The molecule has 1 aliphatic heterocycles. The number of rotatable bonds is 13. The van der Waals surface area contributed by atoms with Crippen LogP contribution >= 0.6 is 47.8 Å². The van der Waals surface area contributed by atoms with Crippen LogP contribution in [0.3, 0.4) is 0 Å². The number of sulfonamides is 2. The summed E-state index contributed by atoms with van der Waals surface area (Å²) in [5.41, 5.74) is 12.9. The van der Waals surface area contributed by atoms with Crippen molar-refractivity contribution in [2.75, 3.05) is 75.5 Å². The third kappa shape index (κ3) is 20.5. The first-order valence-electron chi connectivity index (χ1n) is 27.1. The maximum atomic E-state index is 12.3. The number of halogens is 3. The molecule has 81 heavy (non-hydrogen) atoms. The summed E-state index contributed by atoms with van der Waals surface area (Å²) in [7, 11) is 5.06. The summed E-state index contributed by atoms with van der Waals surface area (Å²) in [6.45, 7) is 7.98. The van der Waals surface area contributed by atoms with Gasteiger partial charge in [0.25, 0.3) is 0 Å². The van der Waals surface area contributed by atoms with E-state index in [1.807, 2.05) is 121 Å². The maximum absolute atomic E-state index is 12.3. The van der Waals surface area contributed by atoms with Crippen molar-refractivity contribution in [1.29, 1.82) is 0 Å². The van der Waals surface area contributed by atoms with Gasteiger partial charge in [-0.1, -0.05) is 57.4 Å². The molecule has 4 aromatic heterocycles. The maximum Gasteiger partial charge on any atom is 0.497 e. The number of anilines is 5. The fourth-order valence-electron chi connectivity index (χ4n) is 9.04. The van der Waals surface area contributed by atoms with E-state index in [-0.39, 0.29) is 9.79 Å². The molecule has 3 aliphatic rings. The number of pyridine rings is 4. The molecule has 2 aliphatic carbocycles. The summed E-state index contributed by atoms with van der Waals surface area (Å²) in [5.74, 6) is 0.668. The summed E-state index contributed by atoms with van der Waals surface area (Å²) >= 11 is 9.72. The van der Waals surface area contributed by atoms with Crippen molar-refractivity contribution in [3.8, 4) is 11.3 Å². The predicted octanol–water partition coefficient (Wildman–Crippen LogP) is 11.7. The molecule has 0 amide bonds. The molecule has 17 nitrogen and oxygen atoms in total. The van der Waals surface area contributed by atoms with Crippen LogP contribution in [0.4, 0.5) is 28.4 Å². The molecule has 9 rings (SSSR count). The average molecular weight is 1340 g/mol. The Kier molecular flexibility index (Phi) is 25.9. The average Bonchev–Trinajstić information content (AvgIpc) is 3.82. The molecule has 0 unspecified atom stereocenters. The first-order chi connectivity index (χ1) is 38.3. The molecule has 2 aromatic carbocycles. The van der Waals surface area contributed by atoms with Crippen molar-refractivity contribution in [3.05, 3.63) is 129 Å². The lowest BCUT2D eigenvalue weighted by atomic mass is 9.77. The number of hydrogen-bond acceptors (Lipinski definition) is 15. The highest BCUT2D eigenvalue weighted by atomic mass is 79.9. The van der Waals surface area contributed by atoms with Gasteiger partial charge in [-0.05, 0) is 199 Å². The summed E-state index contributed by atoms with van der Waals surface area (Å²) in [6, 6.07) is 26.2. The Labute approximate surface area is 507 Å². The summed E-state index contributed by atoms with van der Waals surface area (Å²) in [4.78, 5) is 21.0. The molecular formula is C58H81BBr3N11O6S2. The molecule has 6 N–H and O–H groups in total. The van der Waals surface area contributed by atoms with Gasteiger partial charge in [-0.25, -0.2) is 41.2 Å². The molecule has 6 aromatic rings. The Morgan fingerprint density at radius 1 is 0.605 bits per heavy atom. The van der Waals surface area contributed by atoms with Gasteiger partial charge in [0.1, 0.15) is 13.8 Å². The number of benzene rings is 2. The van der Waals surface area contributed by atoms with E-state index in [1.165, 1.54) is 71.0 Å². The van der Waals surface area contributed by atoms with Crippen molar-refractivity contribution < 1.29 is 26.1 Å². The van der Waals surface area contributed by atoms with Crippen molar-refractivity contribution in [3.63, 3.8) is 0 Å². The van der Waals surface area contributed by atoms with Gasteiger partial charge in [-0.3, -0.25) is 4.98 Å². The highest BCUT2D eigenvalue weighted by Gasteiger charge is 2.52. The number of nitrogens with two attached hydrogens (primary N) is 1. The van der Waals surface area contributed by atoms with Crippen LogP contribution in [-0.2, 0) is 35.8 Å². The number of hydrogen-bond donors (Lipinski definition) is 5. The number of nitrogen functional groups attached to an aromatic ring is 1. The van der Waals surface area contributed by atoms with E-state index in [2.05, 4.69) is 87.8 Å². The Bertz CT molecular complexity index is 3150. The van der Waals surface area contributed by atoms with Gasteiger partial charge in [-0.2, -0.15) is 0 Å². The summed E-state index contributed by atoms with van der Waals surface area (Å²) in [5, 5.41) is 6.60. The second-order valence-corrected chi connectivity index (χ2v) is 27.5. The molecule has 3 fully saturated rings. The lowest BCUT2D eigenvalue weighted by molar-refractivity contribution is 0.00578. The monoisotopic (exact) mass is 1340 g/mol. The predicted molar refractivity (Wildman–Crippen MR) is 344 cm³/mol. The Morgan fingerprint density at radius 2 is 1.10 bits per heavy atom. The molecule has 5 heterocycles. The fourth-order valence-corrected chi connectivity index (χ4v) is 11.7. The molecule has 0 bridgehead atoms. The van der Waals surface area contributed by atoms with Gasteiger partial charge < -0.3 is 35.5 Å². The lowest BCUT2D eigenvalue weighted by Crippen LogP contribution is -2.41. The molecule has 1 saturated heterocycles. The first-order valence-corrected chi connectivity index (χ1v) is 32.5. The second kappa shape index (κ2) is 31.3. The minimum absolute atomic E-state index is 0.212. The number of nitrogens with one attached hydrogen (secondary N) is 4. The van der Waals surface area contributed by atoms with Gasteiger partial charge in [0.15, 0.2) is 0 Å². The quantitative estimate of drug-likeness (QED) is 0.0536.